The van der Waals surface area contributed by atoms with Crippen molar-refractivity contribution in [1.29, 1.82) is 0 Å². The van der Waals surface area contributed by atoms with Gasteiger partial charge >= 0.3 is 0 Å². The molecule has 0 heterocycles. The summed E-state index contributed by atoms with van der Waals surface area (Å²) in [7, 11) is 0. The molecule has 0 saturated carbocycles. The second-order valence-electron chi connectivity index (χ2n) is 7.61. The summed E-state index contributed by atoms with van der Waals surface area (Å²) < 4.78 is 0. The largest absolute Gasteiger partial charge is 0.179 e. The number of unbranched alkanes of at least 4 members (excludes halogenated alkanes) is 15. The highest BCUT2D eigenvalue weighted by atomic mass is 32.1. The fourth-order valence-electron chi connectivity index (χ4n) is 3.39. The van der Waals surface area contributed by atoms with Crippen molar-refractivity contribution in [3.8, 4) is 0 Å². The van der Waals surface area contributed by atoms with E-state index in [2.05, 4.69) is 19.6 Å². The molecule has 0 spiro atoms. The van der Waals surface area contributed by atoms with Crippen molar-refractivity contribution in [2.45, 2.75) is 134 Å². The molecule has 0 bridgehead atoms. The maximum absolute atomic E-state index is 4.78. The van der Waals surface area contributed by atoms with Gasteiger partial charge in [-0.3, -0.25) is 0 Å². The van der Waals surface area contributed by atoms with Crippen molar-refractivity contribution in [2.24, 2.45) is 0 Å². The molecule has 0 aromatic carbocycles. The predicted octanol–water partition coefficient (Wildman–Crippen LogP) is 8.65. The van der Waals surface area contributed by atoms with E-state index in [0.29, 0.717) is 5.25 Å². The van der Waals surface area contributed by atoms with Gasteiger partial charge in [-0.25, -0.2) is 0 Å². The van der Waals surface area contributed by atoms with Crippen LogP contribution in [0.15, 0.2) is 0 Å². The molecule has 0 saturated heterocycles. The van der Waals surface area contributed by atoms with E-state index in [1.54, 1.807) is 0 Å². The van der Waals surface area contributed by atoms with Gasteiger partial charge in [-0.2, -0.15) is 25.3 Å². The van der Waals surface area contributed by atoms with E-state index in [4.69, 9.17) is 12.6 Å². The molecule has 0 aromatic heterocycles. The molecule has 1 unspecified atom stereocenters. The predicted molar refractivity (Wildman–Crippen MR) is 120 cm³/mol. The monoisotopic (exact) mass is 374 g/mol. The van der Waals surface area contributed by atoms with Crippen LogP contribution in [0.2, 0.25) is 0 Å². The minimum absolute atomic E-state index is 0.660. The Bertz CT molecular complexity index is 218. The molecule has 0 aliphatic rings. The Morgan fingerprint density at radius 1 is 0.500 bits per heavy atom. The molecule has 0 amide bonds. The third-order valence-corrected chi connectivity index (χ3v) is 5.92. The maximum Gasteiger partial charge on any atom is 0.00168 e. The van der Waals surface area contributed by atoms with Crippen LogP contribution in [-0.4, -0.2) is 11.0 Å². The van der Waals surface area contributed by atoms with E-state index >= 15 is 0 Å². The normalized spacial score (nSPS) is 12.6. The second kappa shape index (κ2) is 21.7. The number of hydrogen-bond donors (Lipinski definition) is 2. The summed E-state index contributed by atoms with van der Waals surface area (Å²) in [6.07, 6.45) is 26.7. The zero-order valence-electron chi connectivity index (χ0n) is 16.6. The average molecular weight is 375 g/mol. The first-order chi connectivity index (χ1) is 11.8. The Balaban J connectivity index is 3.11. The molecule has 2 heteroatoms. The smallest absolute Gasteiger partial charge is 0.00168 e. The van der Waals surface area contributed by atoms with Gasteiger partial charge < -0.3 is 0 Å². The Morgan fingerprint density at radius 3 is 1.21 bits per heavy atom. The topological polar surface area (TPSA) is 0 Å². The molecule has 0 fully saturated rings. The quantitative estimate of drug-likeness (QED) is 0.154. The van der Waals surface area contributed by atoms with Crippen LogP contribution in [0.4, 0.5) is 0 Å². The van der Waals surface area contributed by atoms with Crippen LogP contribution in [0.1, 0.15) is 129 Å². The lowest BCUT2D eigenvalue weighted by Crippen LogP contribution is -1.98. The Kier molecular flexibility index (Phi) is 22.4. The molecule has 0 aliphatic heterocycles. The van der Waals surface area contributed by atoms with Crippen LogP contribution in [0.5, 0.6) is 0 Å². The molecule has 24 heavy (non-hydrogen) atoms. The van der Waals surface area contributed by atoms with Crippen molar-refractivity contribution in [1.82, 2.24) is 0 Å². The molecular weight excluding hydrogens is 328 g/mol. The summed E-state index contributed by atoms with van der Waals surface area (Å²) in [6, 6.07) is 0. The number of rotatable bonds is 20. The second-order valence-corrected chi connectivity index (χ2v) is 8.79. The maximum atomic E-state index is 4.78. The third kappa shape index (κ3) is 20.7. The van der Waals surface area contributed by atoms with E-state index in [1.165, 1.54) is 122 Å². The highest BCUT2D eigenvalue weighted by Gasteiger charge is 2.03. The molecule has 146 valence electrons. The summed E-state index contributed by atoms with van der Waals surface area (Å²) in [4.78, 5) is 0. The SMILES string of the molecule is CCCCCCCCCC(S)CCCCCCCCCCCCS. The van der Waals surface area contributed by atoms with Crippen molar-refractivity contribution >= 4 is 25.3 Å². The first-order valence-corrected chi connectivity index (χ1v) is 12.2. The molecular formula is C22H46S2. The summed E-state index contributed by atoms with van der Waals surface area (Å²) in [5.74, 6) is 1.06. The van der Waals surface area contributed by atoms with E-state index < -0.39 is 0 Å². The standard InChI is InChI=1S/C22H46S2/c1-2-3-4-5-10-13-16-19-22(24)20-17-14-11-8-6-7-9-12-15-18-21-23/h22-24H,2-21H2,1H3. The van der Waals surface area contributed by atoms with Crippen molar-refractivity contribution in [3.63, 3.8) is 0 Å². The highest BCUT2D eigenvalue weighted by Crippen LogP contribution is 2.18. The summed E-state index contributed by atoms with van der Waals surface area (Å²) in [6.45, 7) is 2.29. The minimum atomic E-state index is 0.660. The number of thiol groups is 2. The van der Waals surface area contributed by atoms with Crippen molar-refractivity contribution in [3.05, 3.63) is 0 Å². The zero-order valence-corrected chi connectivity index (χ0v) is 18.4. The van der Waals surface area contributed by atoms with Gasteiger partial charge in [0.15, 0.2) is 0 Å². The van der Waals surface area contributed by atoms with Gasteiger partial charge in [0.1, 0.15) is 0 Å². The first-order valence-electron chi connectivity index (χ1n) is 11.1. The third-order valence-electron chi connectivity index (χ3n) is 5.09. The summed E-state index contributed by atoms with van der Waals surface area (Å²) >= 11 is 9.04. The van der Waals surface area contributed by atoms with Crippen LogP contribution in [0.25, 0.3) is 0 Å². The molecule has 0 rings (SSSR count). The van der Waals surface area contributed by atoms with E-state index in [-0.39, 0.29) is 0 Å². The van der Waals surface area contributed by atoms with E-state index in [9.17, 15) is 0 Å². The Labute approximate surface area is 165 Å². The van der Waals surface area contributed by atoms with Gasteiger partial charge in [-0.1, -0.05) is 110 Å². The van der Waals surface area contributed by atoms with Gasteiger partial charge in [0.25, 0.3) is 0 Å². The minimum Gasteiger partial charge on any atom is -0.179 e. The van der Waals surface area contributed by atoms with Crippen LogP contribution in [0, 0.1) is 0 Å². The van der Waals surface area contributed by atoms with Crippen molar-refractivity contribution in [2.75, 3.05) is 5.75 Å². The molecule has 0 nitrogen and oxygen atoms in total. The lowest BCUT2D eigenvalue weighted by Gasteiger charge is -2.10. The van der Waals surface area contributed by atoms with Gasteiger partial charge in [0.2, 0.25) is 0 Å². The van der Waals surface area contributed by atoms with Crippen LogP contribution >= 0.6 is 25.3 Å². The van der Waals surface area contributed by atoms with Gasteiger partial charge in [-0.15, -0.1) is 0 Å². The van der Waals surface area contributed by atoms with Crippen LogP contribution in [-0.2, 0) is 0 Å². The van der Waals surface area contributed by atoms with Gasteiger partial charge in [-0.05, 0) is 25.0 Å². The lowest BCUT2D eigenvalue weighted by molar-refractivity contribution is 0.529. The molecule has 0 aromatic rings. The zero-order chi connectivity index (χ0) is 17.7. The Hall–Kier alpha value is 0.700. The van der Waals surface area contributed by atoms with Gasteiger partial charge in [0.05, 0.1) is 0 Å². The lowest BCUT2D eigenvalue weighted by atomic mass is 10.0. The summed E-state index contributed by atoms with van der Waals surface area (Å²) in [5, 5.41) is 0.660. The van der Waals surface area contributed by atoms with Crippen LogP contribution in [0.3, 0.4) is 0 Å². The summed E-state index contributed by atoms with van der Waals surface area (Å²) in [5.41, 5.74) is 0. The van der Waals surface area contributed by atoms with E-state index in [0.717, 1.165) is 5.75 Å². The fraction of sp³-hybridized carbons (Fsp3) is 1.00. The molecule has 0 radical (unpaired) electrons. The Morgan fingerprint density at radius 2 is 0.833 bits per heavy atom. The van der Waals surface area contributed by atoms with Crippen LogP contribution < -0.4 is 0 Å². The van der Waals surface area contributed by atoms with Crippen molar-refractivity contribution < 1.29 is 0 Å². The fourth-order valence-corrected chi connectivity index (χ4v) is 3.98. The molecule has 0 N–H and O–H groups in total. The number of hydrogen-bond acceptors (Lipinski definition) is 2. The van der Waals surface area contributed by atoms with Gasteiger partial charge in [0, 0.05) is 5.25 Å². The molecule has 1 atom stereocenters. The first kappa shape index (κ1) is 24.7. The van der Waals surface area contributed by atoms with E-state index in [1.807, 2.05) is 0 Å². The average Bonchev–Trinajstić information content (AvgIpc) is 2.59. The molecule has 0 aliphatic carbocycles. The highest BCUT2D eigenvalue weighted by molar-refractivity contribution is 7.81.